The van der Waals surface area contributed by atoms with Crippen LogP contribution >= 0.6 is 0 Å². The normalized spacial score (nSPS) is 20.0. The molecule has 2 aromatic carbocycles. The number of rotatable bonds is 10. The van der Waals surface area contributed by atoms with Crippen LogP contribution in [0.5, 0.6) is 0 Å². The molecule has 2 amide bonds. The average Bonchev–Trinajstić information content (AvgIpc) is 3.48. The molecule has 0 spiro atoms. The summed E-state index contributed by atoms with van der Waals surface area (Å²) in [6.45, 7) is 6.45. The Balaban J connectivity index is 1.29. The molecule has 222 valence electrons. The number of para-hydroxylation sites is 1. The zero-order valence-electron chi connectivity index (χ0n) is 24.6. The number of nitrogens with zero attached hydrogens (tertiary/aromatic N) is 4. The molecule has 10 nitrogen and oxygen atoms in total. The largest absolute Gasteiger partial charge is 0.392 e. The Morgan fingerprint density at radius 1 is 1.14 bits per heavy atom. The quantitative estimate of drug-likeness (QED) is 0.273. The first-order valence-corrected chi connectivity index (χ1v) is 14.8. The van der Waals surface area contributed by atoms with Gasteiger partial charge in [-0.15, -0.1) is 10.2 Å². The molecule has 42 heavy (non-hydrogen) atoms. The zero-order valence-corrected chi connectivity index (χ0v) is 24.6. The lowest BCUT2D eigenvalue weighted by molar-refractivity contribution is -0.128. The average molecular weight is 572 g/mol. The van der Waals surface area contributed by atoms with E-state index in [0.29, 0.717) is 37.7 Å². The SMILES string of the molecule is C[C@@H](O)CNC(C)(C)CC(=O)N[C@@H]1CCc2ccccc2N(CC2=CCC(c3ccccc3-c3nn[nH]n3)CC2)C1=O. The van der Waals surface area contributed by atoms with Crippen LogP contribution in [0.4, 0.5) is 5.69 Å². The first-order valence-electron chi connectivity index (χ1n) is 14.8. The number of benzene rings is 2. The molecule has 0 saturated carbocycles. The summed E-state index contributed by atoms with van der Waals surface area (Å²) in [5.41, 5.74) is 4.95. The summed E-state index contributed by atoms with van der Waals surface area (Å²) in [4.78, 5) is 28.9. The lowest BCUT2D eigenvalue weighted by atomic mass is 9.82. The van der Waals surface area contributed by atoms with Gasteiger partial charge in [0.1, 0.15) is 6.04 Å². The Hall–Kier alpha value is -3.89. The van der Waals surface area contributed by atoms with Crippen molar-refractivity contribution in [1.29, 1.82) is 0 Å². The lowest BCUT2D eigenvalue weighted by Gasteiger charge is -2.31. The first kappa shape index (κ1) is 29.6. The lowest BCUT2D eigenvalue weighted by Crippen LogP contribution is -2.51. The number of carbonyl (C=O) groups excluding carboxylic acids is 2. The molecule has 3 aromatic rings. The maximum atomic E-state index is 14.0. The molecule has 0 radical (unpaired) electrons. The fraction of sp³-hybridized carbons (Fsp3) is 0.469. The topological polar surface area (TPSA) is 136 Å². The number of aromatic nitrogens is 4. The molecule has 0 saturated heterocycles. The van der Waals surface area contributed by atoms with Gasteiger partial charge < -0.3 is 20.6 Å². The van der Waals surface area contributed by atoms with Crippen molar-refractivity contribution in [3.63, 3.8) is 0 Å². The summed E-state index contributed by atoms with van der Waals surface area (Å²) in [7, 11) is 0. The molecule has 0 bridgehead atoms. The zero-order chi connectivity index (χ0) is 29.7. The van der Waals surface area contributed by atoms with Crippen LogP contribution in [-0.2, 0) is 16.0 Å². The van der Waals surface area contributed by atoms with Gasteiger partial charge in [-0.1, -0.05) is 54.1 Å². The highest BCUT2D eigenvalue weighted by molar-refractivity contribution is 6.00. The third-order valence-electron chi connectivity index (χ3n) is 8.22. The molecule has 3 atom stereocenters. The minimum Gasteiger partial charge on any atom is -0.392 e. The van der Waals surface area contributed by atoms with Gasteiger partial charge in [0, 0.05) is 36.3 Å². The summed E-state index contributed by atoms with van der Waals surface area (Å²) >= 11 is 0. The van der Waals surface area contributed by atoms with Gasteiger partial charge in [-0.05, 0) is 81.2 Å². The number of carbonyl (C=O) groups is 2. The number of aromatic amines is 1. The smallest absolute Gasteiger partial charge is 0.249 e. The number of H-pyrrole nitrogens is 1. The second-order valence-corrected chi connectivity index (χ2v) is 12.2. The van der Waals surface area contributed by atoms with Crippen LogP contribution in [0, 0.1) is 0 Å². The van der Waals surface area contributed by atoms with Crippen LogP contribution in [-0.4, -0.2) is 68.3 Å². The van der Waals surface area contributed by atoms with E-state index in [4.69, 9.17) is 0 Å². The van der Waals surface area contributed by atoms with Crippen molar-refractivity contribution in [2.24, 2.45) is 0 Å². The predicted molar refractivity (Wildman–Crippen MR) is 162 cm³/mol. The third kappa shape index (κ3) is 7.11. The van der Waals surface area contributed by atoms with Crippen molar-refractivity contribution in [3.8, 4) is 11.4 Å². The number of fused-ring (bicyclic) bond motifs is 1. The fourth-order valence-electron chi connectivity index (χ4n) is 6.00. The molecule has 0 fully saturated rings. The van der Waals surface area contributed by atoms with Crippen LogP contribution < -0.4 is 15.5 Å². The Bertz CT molecular complexity index is 1420. The summed E-state index contributed by atoms with van der Waals surface area (Å²) in [6, 6.07) is 15.7. The molecule has 5 rings (SSSR count). The van der Waals surface area contributed by atoms with E-state index in [9.17, 15) is 14.7 Å². The Kier molecular flexibility index (Phi) is 9.13. The highest BCUT2D eigenvalue weighted by atomic mass is 16.3. The Morgan fingerprint density at radius 3 is 2.67 bits per heavy atom. The number of nitrogens with one attached hydrogen (secondary N) is 3. The van der Waals surface area contributed by atoms with Gasteiger partial charge in [0.15, 0.2) is 0 Å². The fourth-order valence-corrected chi connectivity index (χ4v) is 6.00. The van der Waals surface area contributed by atoms with Gasteiger partial charge in [0.2, 0.25) is 17.6 Å². The van der Waals surface area contributed by atoms with E-state index in [1.807, 2.05) is 55.1 Å². The maximum Gasteiger partial charge on any atom is 0.249 e. The second kappa shape index (κ2) is 13.0. The molecule has 2 heterocycles. The summed E-state index contributed by atoms with van der Waals surface area (Å²) < 4.78 is 0. The first-order chi connectivity index (χ1) is 20.2. The third-order valence-corrected chi connectivity index (χ3v) is 8.22. The minimum atomic E-state index is -0.601. The van der Waals surface area contributed by atoms with Gasteiger partial charge in [0.25, 0.3) is 0 Å². The molecule has 2 aliphatic rings. The van der Waals surface area contributed by atoms with Gasteiger partial charge >= 0.3 is 0 Å². The second-order valence-electron chi connectivity index (χ2n) is 12.2. The van der Waals surface area contributed by atoms with Crippen LogP contribution in [0.3, 0.4) is 0 Å². The monoisotopic (exact) mass is 571 g/mol. The van der Waals surface area contributed by atoms with Crippen LogP contribution in [0.1, 0.15) is 69.9 Å². The van der Waals surface area contributed by atoms with Crippen molar-refractivity contribution >= 4 is 17.5 Å². The van der Waals surface area contributed by atoms with Crippen molar-refractivity contribution < 1.29 is 14.7 Å². The van der Waals surface area contributed by atoms with Crippen LogP contribution in [0.2, 0.25) is 0 Å². The van der Waals surface area contributed by atoms with E-state index < -0.39 is 17.7 Å². The van der Waals surface area contributed by atoms with Crippen molar-refractivity contribution in [2.75, 3.05) is 18.0 Å². The van der Waals surface area contributed by atoms with Crippen molar-refractivity contribution in [2.45, 2.75) is 82.9 Å². The minimum absolute atomic E-state index is 0.0754. The number of aryl methyl sites for hydroxylation is 1. The Labute approximate surface area is 247 Å². The van der Waals surface area contributed by atoms with E-state index in [1.165, 1.54) is 11.1 Å². The van der Waals surface area contributed by atoms with E-state index in [0.717, 1.165) is 36.1 Å². The van der Waals surface area contributed by atoms with E-state index >= 15 is 0 Å². The molecule has 1 aliphatic heterocycles. The van der Waals surface area contributed by atoms with Gasteiger partial charge in [-0.25, -0.2) is 0 Å². The number of tetrazole rings is 1. The molecule has 1 aliphatic carbocycles. The highest BCUT2D eigenvalue weighted by Gasteiger charge is 2.33. The number of aliphatic hydroxyl groups is 1. The molecule has 1 unspecified atom stereocenters. The van der Waals surface area contributed by atoms with Gasteiger partial charge in [0.05, 0.1) is 6.10 Å². The number of β-amino-alcohol motifs (C(OH)–C–C–N with tert-alkyl or cyclic N) is 1. The van der Waals surface area contributed by atoms with E-state index in [-0.39, 0.29) is 18.2 Å². The summed E-state index contributed by atoms with van der Waals surface area (Å²) in [5.74, 6) is 0.673. The predicted octanol–water partition coefficient (Wildman–Crippen LogP) is 3.66. The Morgan fingerprint density at radius 2 is 1.93 bits per heavy atom. The highest BCUT2D eigenvalue weighted by Crippen LogP contribution is 2.37. The summed E-state index contributed by atoms with van der Waals surface area (Å²) in [5, 5.41) is 30.5. The van der Waals surface area contributed by atoms with Crippen LogP contribution in [0.25, 0.3) is 11.4 Å². The number of aliphatic hydroxyl groups excluding tert-OH is 1. The number of anilines is 1. The van der Waals surface area contributed by atoms with Crippen molar-refractivity contribution in [1.82, 2.24) is 31.3 Å². The number of hydrogen-bond acceptors (Lipinski definition) is 7. The van der Waals surface area contributed by atoms with Gasteiger partial charge in [-0.2, -0.15) is 5.21 Å². The number of allylic oxidation sites excluding steroid dienone is 1. The molecular weight excluding hydrogens is 530 g/mol. The number of hydrogen-bond donors (Lipinski definition) is 4. The molecule has 10 heteroatoms. The molecule has 4 N–H and O–H groups in total. The number of amides is 2. The molecule has 1 aromatic heterocycles. The molecular formula is C32H41N7O3. The maximum absolute atomic E-state index is 14.0. The standard InChI is InChI=1S/C32H41N7O3/c1-21(40)19-33-32(2,3)18-29(41)34-27-17-16-24-8-4-7-11-28(24)39(31(27)42)20-22-12-14-23(15-13-22)25-9-5-6-10-26(25)30-35-37-38-36-30/h4-12,21,23,27,33,40H,13-20H2,1-3H3,(H,34,41)(H,35,36,37,38)/t21-,23?,27-/m1/s1. The van der Waals surface area contributed by atoms with Gasteiger partial charge in [-0.3, -0.25) is 9.59 Å². The van der Waals surface area contributed by atoms with E-state index in [2.05, 4.69) is 49.5 Å². The van der Waals surface area contributed by atoms with Crippen LogP contribution in [0.15, 0.2) is 60.2 Å². The van der Waals surface area contributed by atoms with Crippen molar-refractivity contribution in [3.05, 3.63) is 71.3 Å². The summed E-state index contributed by atoms with van der Waals surface area (Å²) in [6.07, 6.45) is 5.92. The van der Waals surface area contributed by atoms with E-state index in [1.54, 1.807) is 6.92 Å².